The van der Waals surface area contributed by atoms with Gasteiger partial charge >= 0.3 is 0 Å². The van der Waals surface area contributed by atoms with Crippen molar-refractivity contribution >= 4 is 27.8 Å². The van der Waals surface area contributed by atoms with E-state index in [0.29, 0.717) is 28.9 Å². The first kappa shape index (κ1) is 24.7. The van der Waals surface area contributed by atoms with Crippen molar-refractivity contribution in [2.24, 2.45) is 5.92 Å². The molecular weight excluding hydrogens is 417 g/mol. The Balaban J connectivity index is 2.70. The standard InChI is InChI=1S/C23H30FN3O3S/c1-7-16(4)14-19(28)12-13-20-21(15(2)3)25-23(27(5)31(6,29)30)26-22(20)17-8-10-18(24)11-9-17/h8-13,15-16H,7,14H2,1-6H3/b13-12+/t16-/m0/s1. The normalized spacial score (nSPS) is 13.0. The lowest BCUT2D eigenvalue weighted by molar-refractivity contribution is -0.115. The van der Waals surface area contributed by atoms with Crippen LogP contribution in [-0.4, -0.2) is 37.5 Å². The van der Waals surface area contributed by atoms with Gasteiger partial charge < -0.3 is 0 Å². The molecule has 8 heteroatoms. The number of anilines is 1. The third-order valence-corrected chi connectivity index (χ3v) is 6.25. The van der Waals surface area contributed by atoms with E-state index in [4.69, 9.17) is 0 Å². The Morgan fingerprint density at radius 2 is 1.77 bits per heavy atom. The third-order valence-electron chi connectivity index (χ3n) is 5.09. The molecule has 0 radical (unpaired) electrons. The van der Waals surface area contributed by atoms with Gasteiger partial charge in [-0.05, 0) is 48.3 Å². The maximum atomic E-state index is 13.5. The van der Waals surface area contributed by atoms with Gasteiger partial charge in [0.25, 0.3) is 0 Å². The number of allylic oxidation sites excluding steroid dienone is 1. The van der Waals surface area contributed by atoms with E-state index in [9.17, 15) is 17.6 Å². The topological polar surface area (TPSA) is 80.2 Å². The highest BCUT2D eigenvalue weighted by molar-refractivity contribution is 7.92. The van der Waals surface area contributed by atoms with Gasteiger partial charge in [0.2, 0.25) is 16.0 Å². The second-order valence-corrected chi connectivity index (χ2v) is 10.1. The Labute approximate surface area is 184 Å². The van der Waals surface area contributed by atoms with Crippen LogP contribution in [0.5, 0.6) is 0 Å². The average molecular weight is 448 g/mol. The molecule has 0 N–H and O–H groups in total. The van der Waals surface area contributed by atoms with Crippen LogP contribution >= 0.6 is 0 Å². The minimum Gasteiger partial charge on any atom is -0.295 e. The highest BCUT2D eigenvalue weighted by atomic mass is 32.2. The fourth-order valence-electron chi connectivity index (χ4n) is 2.93. The molecule has 0 aliphatic heterocycles. The first-order valence-electron chi connectivity index (χ1n) is 10.3. The van der Waals surface area contributed by atoms with Crippen molar-refractivity contribution < 1.29 is 17.6 Å². The molecule has 168 valence electrons. The zero-order valence-corrected chi connectivity index (χ0v) is 19.7. The molecule has 1 heterocycles. The van der Waals surface area contributed by atoms with Crippen LogP contribution in [0.25, 0.3) is 17.3 Å². The van der Waals surface area contributed by atoms with E-state index in [1.165, 1.54) is 25.3 Å². The van der Waals surface area contributed by atoms with E-state index in [0.717, 1.165) is 17.0 Å². The lowest BCUT2D eigenvalue weighted by atomic mass is 9.96. The molecule has 0 aliphatic carbocycles. The van der Waals surface area contributed by atoms with Crippen LogP contribution in [0.1, 0.15) is 57.7 Å². The van der Waals surface area contributed by atoms with Gasteiger partial charge in [-0.3, -0.25) is 4.79 Å². The Kier molecular flexibility index (Phi) is 8.06. The third kappa shape index (κ3) is 6.43. The first-order valence-corrected chi connectivity index (χ1v) is 12.1. The van der Waals surface area contributed by atoms with Gasteiger partial charge in [-0.25, -0.2) is 27.1 Å². The summed E-state index contributed by atoms with van der Waals surface area (Å²) in [5.74, 6) is -0.171. The summed E-state index contributed by atoms with van der Waals surface area (Å²) in [4.78, 5) is 21.4. The van der Waals surface area contributed by atoms with Gasteiger partial charge in [0.05, 0.1) is 17.6 Å². The van der Waals surface area contributed by atoms with Crippen LogP contribution in [0, 0.1) is 11.7 Å². The SMILES string of the molecule is CC[C@H](C)CC(=O)/C=C/c1c(-c2ccc(F)cc2)nc(N(C)S(C)(=O)=O)nc1C(C)C. The number of ketones is 1. The zero-order valence-electron chi connectivity index (χ0n) is 18.9. The number of aromatic nitrogens is 2. The van der Waals surface area contributed by atoms with E-state index >= 15 is 0 Å². The Bertz CT molecular complexity index is 1060. The van der Waals surface area contributed by atoms with Crippen LogP contribution in [0.2, 0.25) is 0 Å². The molecule has 6 nitrogen and oxygen atoms in total. The number of rotatable bonds is 9. The second-order valence-electron chi connectivity index (χ2n) is 8.08. The van der Waals surface area contributed by atoms with Crippen LogP contribution in [0.3, 0.4) is 0 Å². The minimum atomic E-state index is -3.58. The summed E-state index contributed by atoms with van der Waals surface area (Å²) in [6, 6.07) is 5.77. The fourth-order valence-corrected chi connectivity index (χ4v) is 3.31. The monoisotopic (exact) mass is 447 g/mol. The number of halogens is 1. The van der Waals surface area contributed by atoms with Gasteiger partial charge in [0, 0.05) is 24.6 Å². The Morgan fingerprint density at radius 1 is 1.16 bits per heavy atom. The van der Waals surface area contributed by atoms with Crippen LogP contribution in [0.4, 0.5) is 10.3 Å². The van der Waals surface area contributed by atoms with Gasteiger partial charge in [-0.1, -0.05) is 34.1 Å². The van der Waals surface area contributed by atoms with Gasteiger partial charge in [-0.15, -0.1) is 0 Å². The molecule has 2 rings (SSSR count). The van der Waals surface area contributed by atoms with Crippen molar-refractivity contribution in [1.29, 1.82) is 0 Å². The minimum absolute atomic E-state index is 0.00792. The molecule has 1 aromatic heterocycles. The molecule has 2 aromatic rings. The maximum absolute atomic E-state index is 13.5. The molecule has 1 aromatic carbocycles. The van der Waals surface area contributed by atoms with Gasteiger partial charge in [-0.2, -0.15) is 0 Å². The van der Waals surface area contributed by atoms with Crippen molar-refractivity contribution in [2.75, 3.05) is 17.6 Å². The first-order chi connectivity index (χ1) is 14.4. The molecule has 1 atom stereocenters. The number of hydrogen-bond donors (Lipinski definition) is 0. The van der Waals surface area contributed by atoms with Crippen LogP contribution in [0.15, 0.2) is 30.3 Å². The van der Waals surface area contributed by atoms with E-state index in [1.807, 2.05) is 27.7 Å². The summed E-state index contributed by atoms with van der Waals surface area (Å²) >= 11 is 0. The lowest BCUT2D eigenvalue weighted by Crippen LogP contribution is -2.27. The van der Waals surface area contributed by atoms with E-state index in [2.05, 4.69) is 9.97 Å². The van der Waals surface area contributed by atoms with E-state index in [1.54, 1.807) is 18.2 Å². The summed E-state index contributed by atoms with van der Waals surface area (Å²) in [7, 11) is -2.20. The summed E-state index contributed by atoms with van der Waals surface area (Å²) < 4.78 is 38.7. The number of hydrogen-bond acceptors (Lipinski definition) is 5. The molecule has 0 saturated carbocycles. The summed E-state index contributed by atoms with van der Waals surface area (Å²) in [5.41, 5.74) is 2.26. The zero-order chi connectivity index (χ0) is 23.3. The molecule has 0 aliphatic rings. The van der Waals surface area contributed by atoms with E-state index < -0.39 is 15.8 Å². The summed E-state index contributed by atoms with van der Waals surface area (Å²) in [6.07, 6.45) is 5.62. The van der Waals surface area contributed by atoms with Crippen LogP contribution < -0.4 is 4.31 Å². The lowest BCUT2D eigenvalue weighted by Gasteiger charge is -2.20. The van der Waals surface area contributed by atoms with Crippen molar-refractivity contribution in [2.45, 2.75) is 46.5 Å². The summed E-state index contributed by atoms with van der Waals surface area (Å²) in [5, 5.41) is 0. The highest BCUT2D eigenvalue weighted by Gasteiger charge is 2.22. The molecule has 0 saturated heterocycles. The Hall–Kier alpha value is -2.61. The maximum Gasteiger partial charge on any atom is 0.239 e. The van der Waals surface area contributed by atoms with Crippen molar-refractivity contribution in [1.82, 2.24) is 9.97 Å². The Morgan fingerprint density at radius 3 is 2.29 bits per heavy atom. The fraction of sp³-hybridized carbons (Fsp3) is 0.435. The molecule has 0 amide bonds. The number of benzene rings is 1. The predicted octanol–water partition coefficient (Wildman–Crippen LogP) is 4.82. The number of carbonyl (C=O) groups is 1. The molecule has 0 fully saturated rings. The van der Waals surface area contributed by atoms with Crippen molar-refractivity contribution in [3.05, 3.63) is 47.4 Å². The summed E-state index contributed by atoms with van der Waals surface area (Å²) in [6.45, 7) is 7.92. The number of carbonyl (C=O) groups excluding carboxylic acids is 1. The van der Waals surface area contributed by atoms with Crippen molar-refractivity contribution in [3.63, 3.8) is 0 Å². The average Bonchev–Trinajstić information content (AvgIpc) is 2.70. The second kappa shape index (κ2) is 10.1. The number of nitrogens with zero attached hydrogens (tertiary/aromatic N) is 3. The molecule has 31 heavy (non-hydrogen) atoms. The molecular formula is C23H30FN3O3S. The molecule has 0 unspecified atom stereocenters. The highest BCUT2D eigenvalue weighted by Crippen LogP contribution is 2.31. The molecule has 0 bridgehead atoms. The van der Waals surface area contributed by atoms with Gasteiger partial charge in [0.15, 0.2) is 5.78 Å². The van der Waals surface area contributed by atoms with Gasteiger partial charge in [0.1, 0.15) is 5.82 Å². The largest absolute Gasteiger partial charge is 0.295 e. The smallest absolute Gasteiger partial charge is 0.239 e. The number of sulfonamides is 1. The quantitative estimate of drug-likeness (QED) is 0.515. The molecule has 0 spiro atoms. The predicted molar refractivity (Wildman–Crippen MR) is 123 cm³/mol. The van der Waals surface area contributed by atoms with E-state index in [-0.39, 0.29) is 23.6 Å². The van der Waals surface area contributed by atoms with Crippen molar-refractivity contribution in [3.8, 4) is 11.3 Å². The van der Waals surface area contributed by atoms with Crippen LogP contribution in [-0.2, 0) is 14.8 Å².